The van der Waals surface area contributed by atoms with Gasteiger partial charge in [0.25, 0.3) is 0 Å². The van der Waals surface area contributed by atoms with Gasteiger partial charge in [0, 0.05) is 64.5 Å². The average molecular weight is 461 g/mol. The molecular formula is C25H40N4O4. The Morgan fingerprint density at radius 2 is 1.91 bits per heavy atom. The van der Waals surface area contributed by atoms with Gasteiger partial charge in [-0.15, -0.1) is 0 Å². The molecule has 33 heavy (non-hydrogen) atoms. The number of hydrogen-bond acceptors (Lipinski definition) is 8. The van der Waals surface area contributed by atoms with Crippen molar-refractivity contribution in [2.45, 2.75) is 39.5 Å². The molecule has 0 radical (unpaired) electrons. The van der Waals surface area contributed by atoms with Crippen molar-refractivity contribution in [2.24, 2.45) is 0 Å². The van der Waals surface area contributed by atoms with Gasteiger partial charge >= 0.3 is 0 Å². The van der Waals surface area contributed by atoms with Gasteiger partial charge in [0.05, 0.1) is 31.5 Å². The first-order valence-corrected chi connectivity index (χ1v) is 12.0. The van der Waals surface area contributed by atoms with Gasteiger partial charge in [-0.1, -0.05) is 35.5 Å². The third kappa shape index (κ3) is 7.52. The minimum atomic E-state index is -0.555. The van der Waals surface area contributed by atoms with E-state index in [1.165, 1.54) is 0 Å². The summed E-state index contributed by atoms with van der Waals surface area (Å²) in [6.07, 6.45) is -0.555. The number of morpholine rings is 1. The van der Waals surface area contributed by atoms with E-state index in [1.54, 1.807) is 0 Å². The van der Waals surface area contributed by atoms with Crippen LogP contribution < -0.4 is 4.90 Å². The van der Waals surface area contributed by atoms with Crippen molar-refractivity contribution in [3.63, 3.8) is 0 Å². The Bertz CT molecular complexity index is 808. The summed E-state index contributed by atoms with van der Waals surface area (Å²) in [5.74, 6) is 0.777. The Kier molecular flexibility index (Phi) is 10.1. The van der Waals surface area contributed by atoms with Gasteiger partial charge in [-0.05, 0) is 20.8 Å². The van der Waals surface area contributed by atoms with Crippen LogP contribution in [0.4, 0.5) is 5.88 Å². The molecule has 0 amide bonds. The van der Waals surface area contributed by atoms with Gasteiger partial charge in [-0.3, -0.25) is 9.80 Å². The lowest BCUT2D eigenvalue weighted by atomic mass is 10.1. The summed E-state index contributed by atoms with van der Waals surface area (Å²) >= 11 is 0. The van der Waals surface area contributed by atoms with E-state index < -0.39 is 6.10 Å². The van der Waals surface area contributed by atoms with Crippen LogP contribution >= 0.6 is 0 Å². The first-order valence-electron chi connectivity index (χ1n) is 12.0. The van der Waals surface area contributed by atoms with Crippen LogP contribution in [0, 0.1) is 0 Å². The number of aliphatic hydroxyl groups excluding tert-OH is 1. The summed E-state index contributed by atoms with van der Waals surface area (Å²) in [4.78, 5) is 6.82. The van der Waals surface area contributed by atoms with Crippen LogP contribution in [-0.2, 0) is 16.0 Å². The number of anilines is 1. The standard InChI is InChI=1S/C25H40N4O4/c1-5-31-19-22(30)17-29(12-11-28-13-15-32-16-14-28)18-23-24(21-9-7-6-8-10-21)26-33-25(23)27(4)20(2)3/h6-10,20,22,30H,5,11-19H2,1-4H3. The maximum absolute atomic E-state index is 10.6. The van der Waals surface area contributed by atoms with Gasteiger partial charge in [0.2, 0.25) is 5.88 Å². The zero-order valence-electron chi connectivity index (χ0n) is 20.6. The van der Waals surface area contributed by atoms with Gasteiger partial charge in [0.15, 0.2) is 0 Å². The molecule has 0 aliphatic carbocycles. The molecule has 0 bridgehead atoms. The molecule has 1 atom stereocenters. The molecule has 8 nitrogen and oxygen atoms in total. The molecule has 184 valence electrons. The second kappa shape index (κ2) is 13.1. The monoisotopic (exact) mass is 460 g/mol. The van der Waals surface area contributed by atoms with Crippen LogP contribution in [0.2, 0.25) is 0 Å². The number of ether oxygens (including phenoxy) is 2. The van der Waals surface area contributed by atoms with Crippen LogP contribution in [0.1, 0.15) is 26.3 Å². The molecule has 1 aliphatic rings. The second-order valence-electron chi connectivity index (χ2n) is 8.89. The summed E-state index contributed by atoms with van der Waals surface area (Å²) in [6, 6.07) is 10.4. The molecule has 0 saturated carbocycles. The van der Waals surface area contributed by atoms with Crippen LogP contribution in [0.5, 0.6) is 0 Å². The summed E-state index contributed by atoms with van der Waals surface area (Å²) in [7, 11) is 2.03. The van der Waals surface area contributed by atoms with E-state index in [9.17, 15) is 5.11 Å². The van der Waals surface area contributed by atoms with Crippen molar-refractivity contribution in [3.05, 3.63) is 35.9 Å². The van der Waals surface area contributed by atoms with Crippen molar-refractivity contribution in [1.82, 2.24) is 15.0 Å². The lowest BCUT2D eigenvalue weighted by Crippen LogP contribution is -2.43. The quantitative estimate of drug-likeness (QED) is 0.489. The van der Waals surface area contributed by atoms with Crippen LogP contribution in [0.15, 0.2) is 34.9 Å². The van der Waals surface area contributed by atoms with Gasteiger partial charge in [-0.2, -0.15) is 0 Å². The van der Waals surface area contributed by atoms with Crippen molar-refractivity contribution in [3.8, 4) is 11.3 Å². The highest BCUT2D eigenvalue weighted by Gasteiger charge is 2.25. The third-order valence-corrected chi connectivity index (χ3v) is 6.11. The first-order chi connectivity index (χ1) is 16.0. The second-order valence-corrected chi connectivity index (χ2v) is 8.89. The van der Waals surface area contributed by atoms with E-state index in [0.29, 0.717) is 26.3 Å². The smallest absolute Gasteiger partial charge is 0.232 e. The highest BCUT2D eigenvalue weighted by molar-refractivity contribution is 5.68. The Labute approximate surface area is 198 Å². The summed E-state index contributed by atoms with van der Waals surface area (Å²) in [5.41, 5.74) is 2.93. The van der Waals surface area contributed by atoms with Gasteiger partial charge in [0.1, 0.15) is 5.69 Å². The Morgan fingerprint density at radius 1 is 1.18 bits per heavy atom. The van der Waals surface area contributed by atoms with E-state index >= 15 is 0 Å². The fraction of sp³-hybridized carbons (Fsp3) is 0.640. The molecule has 0 spiro atoms. The molecule has 1 saturated heterocycles. The molecule has 1 aliphatic heterocycles. The van der Waals surface area contributed by atoms with E-state index in [0.717, 1.165) is 62.1 Å². The fourth-order valence-corrected chi connectivity index (χ4v) is 3.95. The lowest BCUT2D eigenvalue weighted by molar-refractivity contribution is 0.00989. The van der Waals surface area contributed by atoms with Crippen molar-refractivity contribution >= 4 is 5.88 Å². The van der Waals surface area contributed by atoms with E-state index in [2.05, 4.69) is 45.8 Å². The lowest BCUT2D eigenvalue weighted by Gasteiger charge is -2.31. The molecule has 1 unspecified atom stereocenters. The first kappa shape index (κ1) is 25.6. The minimum Gasteiger partial charge on any atom is -0.389 e. The molecule has 2 heterocycles. The van der Waals surface area contributed by atoms with Crippen molar-refractivity contribution < 1.29 is 19.1 Å². The molecule has 2 aromatic rings. The molecule has 1 N–H and O–H groups in total. The predicted octanol–water partition coefficient (Wildman–Crippen LogP) is 2.72. The highest BCUT2D eigenvalue weighted by Crippen LogP contribution is 2.32. The Hall–Kier alpha value is -1.97. The maximum Gasteiger partial charge on any atom is 0.232 e. The molecule has 8 heteroatoms. The van der Waals surface area contributed by atoms with E-state index in [4.69, 9.17) is 14.0 Å². The van der Waals surface area contributed by atoms with E-state index in [-0.39, 0.29) is 6.04 Å². The number of aromatic nitrogens is 1. The molecular weight excluding hydrogens is 420 g/mol. The van der Waals surface area contributed by atoms with E-state index in [1.807, 2.05) is 32.2 Å². The Balaban J connectivity index is 1.84. The molecule has 1 aromatic carbocycles. The number of nitrogens with zero attached hydrogens (tertiary/aromatic N) is 4. The van der Waals surface area contributed by atoms with Crippen molar-refractivity contribution in [1.29, 1.82) is 0 Å². The fourth-order valence-electron chi connectivity index (χ4n) is 3.95. The summed E-state index contributed by atoms with van der Waals surface area (Å²) < 4.78 is 16.8. The van der Waals surface area contributed by atoms with Crippen LogP contribution in [-0.4, -0.2) is 98.4 Å². The van der Waals surface area contributed by atoms with Crippen molar-refractivity contribution in [2.75, 3.05) is 71.1 Å². The Morgan fingerprint density at radius 3 is 2.58 bits per heavy atom. The summed E-state index contributed by atoms with van der Waals surface area (Å²) in [5, 5.41) is 15.1. The maximum atomic E-state index is 10.6. The number of hydrogen-bond donors (Lipinski definition) is 1. The third-order valence-electron chi connectivity index (χ3n) is 6.11. The van der Waals surface area contributed by atoms with Gasteiger partial charge in [-0.25, -0.2) is 0 Å². The largest absolute Gasteiger partial charge is 0.389 e. The predicted molar refractivity (Wildman–Crippen MR) is 131 cm³/mol. The molecule has 3 rings (SSSR count). The van der Waals surface area contributed by atoms with Crippen LogP contribution in [0.3, 0.4) is 0 Å². The average Bonchev–Trinajstić information content (AvgIpc) is 3.25. The minimum absolute atomic E-state index is 0.269. The molecule has 1 fully saturated rings. The van der Waals surface area contributed by atoms with Gasteiger partial charge < -0.3 is 24.0 Å². The number of aliphatic hydroxyl groups is 1. The number of rotatable bonds is 13. The highest BCUT2D eigenvalue weighted by atomic mass is 16.5. The topological polar surface area (TPSA) is 74.4 Å². The SMILES string of the molecule is CCOCC(O)CN(CCN1CCOCC1)Cc1c(-c2ccccc2)noc1N(C)C(C)C. The zero-order valence-corrected chi connectivity index (χ0v) is 20.6. The normalized spacial score (nSPS) is 16.0. The summed E-state index contributed by atoms with van der Waals surface area (Å²) in [6.45, 7) is 13.5. The number of benzene rings is 1. The zero-order chi connectivity index (χ0) is 23.6. The molecule has 1 aromatic heterocycles. The van der Waals surface area contributed by atoms with Crippen LogP contribution in [0.25, 0.3) is 11.3 Å².